The molecule has 2 aromatic rings. The second-order valence-corrected chi connectivity index (χ2v) is 6.10. The zero-order valence-corrected chi connectivity index (χ0v) is 13.7. The van der Waals surface area contributed by atoms with Gasteiger partial charge in [-0.3, -0.25) is 4.79 Å². The van der Waals surface area contributed by atoms with Gasteiger partial charge in [0, 0.05) is 11.9 Å². The molecule has 1 amide bonds. The van der Waals surface area contributed by atoms with E-state index in [0.29, 0.717) is 10.9 Å². The molecule has 1 aliphatic heterocycles. The van der Waals surface area contributed by atoms with Gasteiger partial charge in [0.05, 0.1) is 13.2 Å². The first-order chi connectivity index (χ1) is 11.7. The fourth-order valence-corrected chi connectivity index (χ4v) is 2.93. The van der Waals surface area contributed by atoms with Crippen molar-refractivity contribution in [3.05, 3.63) is 35.0 Å². The summed E-state index contributed by atoms with van der Waals surface area (Å²) < 4.78 is 43.2. The molecule has 1 aliphatic rings. The van der Waals surface area contributed by atoms with Crippen LogP contribution in [0.4, 0.5) is 13.2 Å². The number of phenolic OH excluding ortho intramolecular Hbond substituents is 1. The summed E-state index contributed by atoms with van der Waals surface area (Å²) in [5, 5.41) is 10.9. The van der Waals surface area contributed by atoms with Crippen molar-refractivity contribution in [3.63, 3.8) is 0 Å². The first-order valence-electron chi connectivity index (χ1n) is 7.76. The number of ether oxygens (including phenoxy) is 1. The maximum absolute atomic E-state index is 12.8. The molecule has 0 bridgehead atoms. The summed E-state index contributed by atoms with van der Waals surface area (Å²) in [7, 11) is 0. The standard InChI is InChI=1S/C17H17F3N2O3/c1-9-7-10(2)15(23)14-11(9)3-4-12(21-14)16(24)22-5-6-25-13(8-22)17(18,19)20/h3-4,7,13,23H,5-6,8H2,1-2H3. The van der Waals surface area contributed by atoms with Crippen molar-refractivity contribution in [2.75, 3.05) is 19.7 Å². The van der Waals surface area contributed by atoms with Crippen molar-refractivity contribution in [1.29, 1.82) is 0 Å². The van der Waals surface area contributed by atoms with E-state index in [1.54, 1.807) is 19.1 Å². The number of carbonyl (C=O) groups excluding carboxylic acids is 1. The molecule has 8 heteroatoms. The van der Waals surface area contributed by atoms with Gasteiger partial charge in [-0.25, -0.2) is 4.98 Å². The third kappa shape index (κ3) is 3.26. The minimum Gasteiger partial charge on any atom is -0.505 e. The number of hydrogen-bond donors (Lipinski definition) is 1. The van der Waals surface area contributed by atoms with Crippen molar-refractivity contribution in [2.24, 2.45) is 0 Å². The number of nitrogens with zero attached hydrogens (tertiary/aromatic N) is 2. The van der Waals surface area contributed by atoms with Crippen LogP contribution >= 0.6 is 0 Å². The van der Waals surface area contributed by atoms with Gasteiger partial charge in [0.1, 0.15) is 17.0 Å². The lowest BCUT2D eigenvalue weighted by molar-refractivity contribution is -0.233. The van der Waals surface area contributed by atoms with Crippen LogP contribution in [0.2, 0.25) is 0 Å². The quantitative estimate of drug-likeness (QED) is 0.855. The number of rotatable bonds is 1. The van der Waals surface area contributed by atoms with Crippen molar-refractivity contribution in [3.8, 4) is 5.75 Å². The van der Waals surface area contributed by atoms with Gasteiger partial charge >= 0.3 is 6.18 Å². The minimum atomic E-state index is -4.53. The molecule has 1 saturated heterocycles. The Balaban J connectivity index is 1.93. The summed E-state index contributed by atoms with van der Waals surface area (Å²) in [6.07, 6.45) is -6.52. The zero-order chi connectivity index (χ0) is 18.4. The number of hydrogen-bond acceptors (Lipinski definition) is 4. The number of aromatic nitrogens is 1. The summed E-state index contributed by atoms with van der Waals surface area (Å²) in [5.41, 5.74) is 1.77. The molecule has 1 N–H and O–H groups in total. The van der Waals surface area contributed by atoms with Gasteiger partial charge in [-0.2, -0.15) is 13.2 Å². The topological polar surface area (TPSA) is 62.7 Å². The summed E-state index contributed by atoms with van der Waals surface area (Å²) in [5.74, 6) is -0.650. The third-order valence-electron chi connectivity index (χ3n) is 4.29. The maximum atomic E-state index is 12.8. The van der Waals surface area contributed by atoms with Crippen molar-refractivity contribution >= 4 is 16.8 Å². The number of carbonyl (C=O) groups is 1. The summed E-state index contributed by atoms with van der Waals surface area (Å²) >= 11 is 0. The number of pyridine rings is 1. The molecule has 1 fully saturated rings. The van der Waals surface area contributed by atoms with E-state index < -0.39 is 24.7 Å². The normalized spacial score (nSPS) is 18.6. The Morgan fingerprint density at radius 3 is 2.72 bits per heavy atom. The summed E-state index contributed by atoms with van der Waals surface area (Å²) in [6, 6.07) is 4.91. The second kappa shape index (κ2) is 6.18. The highest BCUT2D eigenvalue weighted by Gasteiger charge is 2.44. The maximum Gasteiger partial charge on any atom is 0.416 e. The molecule has 1 aromatic heterocycles. The molecule has 1 aromatic carbocycles. The van der Waals surface area contributed by atoms with E-state index in [9.17, 15) is 23.1 Å². The number of aryl methyl sites for hydroxylation is 2. The first-order valence-corrected chi connectivity index (χ1v) is 7.76. The zero-order valence-electron chi connectivity index (χ0n) is 13.7. The van der Waals surface area contributed by atoms with Crippen LogP contribution in [-0.2, 0) is 4.74 Å². The molecule has 5 nitrogen and oxygen atoms in total. The number of halogens is 3. The molecule has 0 aliphatic carbocycles. The molecule has 1 unspecified atom stereocenters. The predicted octanol–water partition coefficient (Wildman–Crippen LogP) is 2.96. The van der Waals surface area contributed by atoms with Crippen LogP contribution in [0, 0.1) is 13.8 Å². The Bertz CT molecular complexity index is 836. The number of amides is 1. The highest BCUT2D eigenvalue weighted by molar-refractivity contribution is 5.97. The Kier molecular flexibility index (Phi) is 4.32. The van der Waals surface area contributed by atoms with Crippen LogP contribution in [-0.4, -0.2) is 52.9 Å². The fraction of sp³-hybridized carbons (Fsp3) is 0.412. The molecule has 25 heavy (non-hydrogen) atoms. The van der Waals surface area contributed by atoms with Gasteiger partial charge in [-0.15, -0.1) is 0 Å². The first kappa shape index (κ1) is 17.5. The number of fused-ring (bicyclic) bond motifs is 1. The molecule has 0 saturated carbocycles. The van der Waals surface area contributed by atoms with Gasteiger partial charge in [0.15, 0.2) is 6.10 Å². The number of alkyl halides is 3. The van der Waals surface area contributed by atoms with E-state index in [1.807, 2.05) is 6.92 Å². The van der Waals surface area contributed by atoms with Crippen LogP contribution in [0.1, 0.15) is 21.6 Å². The van der Waals surface area contributed by atoms with Crippen LogP contribution < -0.4 is 0 Å². The molecule has 0 spiro atoms. The highest BCUT2D eigenvalue weighted by atomic mass is 19.4. The molecule has 3 rings (SSSR count). The van der Waals surface area contributed by atoms with Gasteiger partial charge in [0.25, 0.3) is 5.91 Å². The highest BCUT2D eigenvalue weighted by Crippen LogP contribution is 2.30. The number of morpholine rings is 1. The minimum absolute atomic E-state index is 0.00405. The SMILES string of the molecule is Cc1cc(C)c2ccc(C(=O)N3CCOC(C(F)(F)F)C3)nc2c1O. The summed E-state index contributed by atoms with van der Waals surface area (Å²) in [6.45, 7) is 2.87. The van der Waals surface area contributed by atoms with E-state index in [1.165, 1.54) is 6.07 Å². The lowest BCUT2D eigenvalue weighted by Crippen LogP contribution is -2.51. The van der Waals surface area contributed by atoms with Crippen molar-refractivity contribution in [1.82, 2.24) is 9.88 Å². The van der Waals surface area contributed by atoms with E-state index in [-0.39, 0.29) is 30.1 Å². The smallest absolute Gasteiger partial charge is 0.416 e. The van der Waals surface area contributed by atoms with E-state index >= 15 is 0 Å². The van der Waals surface area contributed by atoms with Crippen LogP contribution in [0.15, 0.2) is 18.2 Å². The third-order valence-corrected chi connectivity index (χ3v) is 4.29. The molecule has 0 radical (unpaired) electrons. The number of phenols is 1. The fourth-order valence-electron chi connectivity index (χ4n) is 2.93. The molecular formula is C17H17F3N2O3. The molecule has 134 valence electrons. The Hall–Kier alpha value is -2.35. The average Bonchev–Trinajstić information content (AvgIpc) is 2.58. The van der Waals surface area contributed by atoms with Gasteiger partial charge in [-0.1, -0.05) is 12.1 Å². The van der Waals surface area contributed by atoms with E-state index in [4.69, 9.17) is 4.74 Å². The predicted molar refractivity (Wildman–Crippen MR) is 84.6 cm³/mol. The van der Waals surface area contributed by atoms with Crippen LogP contribution in [0.25, 0.3) is 10.9 Å². The number of aromatic hydroxyl groups is 1. The molecule has 1 atom stereocenters. The summed E-state index contributed by atoms with van der Waals surface area (Å²) in [4.78, 5) is 17.8. The Morgan fingerprint density at radius 2 is 2.04 bits per heavy atom. The molecule has 2 heterocycles. The van der Waals surface area contributed by atoms with Crippen LogP contribution in [0.5, 0.6) is 5.75 Å². The molecular weight excluding hydrogens is 337 g/mol. The second-order valence-electron chi connectivity index (χ2n) is 6.10. The lowest BCUT2D eigenvalue weighted by atomic mass is 10.0. The van der Waals surface area contributed by atoms with Crippen molar-refractivity contribution < 1.29 is 27.8 Å². The largest absolute Gasteiger partial charge is 0.505 e. The Labute approximate surface area is 142 Å². The van der Waals surface area contributed by atoms with E-state index in [0.717, 1.165) is 10.5 Å². The van der Waals surface area contributed by atoms with Gasteiger partial charge in [0.2, 0.25) is 0 Å². The number of benzene rings is 1. The average molecular weight is 354 g/mol. The van der Waals surface area contributed by atoms with E-state index in [2.05, 4.69) is 4.98 Å². The van der Waals surface area contributed by atoms with Crippen molar-refractivity contribution in [2.45, 2.75) is 26.1 Å². The van der Waals surface area contributed by atoms with Gasteiger partial charge in [-0.05, 0) is 31.0 Å². The van der Waals surface area contributed by atoms with Crippen LogP contribution in [0.3, 0.4) is 0 Å². The Morgan fingerprint density at radius 1 is 1.32 bits per heavy atom. The lowest BCUT2D eigenvalue weighted by Gasteiger charge is -2.33. The monoisotopic (exact) mass is 354 g/mol. The van der Waals surface area contributed by atoms with Gasteiger partial charge < -0.3 is 14.7 Å².